The maximum atomic E-state index is 13.8. The highest BCUT2D eigenvalue weighted by Gasteiger charge is 2.18. The minimum atomic E-state index is -0.828. The van der Waals surface area contributed by atoms with Gasteiger partial charge in [-0.25, -0.2) is 8.78 Å². The van der Waals surface area contributed by atoms with Crippen molar-refractivity contribution in [1.82, 2.24) is 5.48 Å². The van der Waals surface area contributed by atoms with Crippen molar-refractivity contribution < 1.29 is 13.6 Å². The van der Waals surface area contributed by atoms with Crippen LogP contribution in [0, 0.1) is 11.6 Å². The van der Waals surface area contributed by atoms with Crippen molar-refractivity contribution in [3.05, 3.63) is 59.7 Å². The number of rotatable bonds is 2. The molecule has 2 nitrogen and oxygen atoms in total. The van der Waals surface area contributed by atoms with Gasteiger partial charge in [0.1, 0.15) is 0 Å². The predicted octanol–water partition coefficient (Wildman–Crippen LogP) is 3.60. The van der Waals surface area contributed by atoms with Crippen molar-refractivity contribution in [3.8, 4) is 11.1 Å². The Hall–Kier alpha value is -1.78. The summed E-state index contributed by atoms with van der Waals surface area (Å²) in [6, 6.07) is 11.8. The summed E-state index contributed by atoms with van der Waals surface area (Å²) in [5.41, 5.74) is 4.87. The van der Waals surface area contributed by atoms with E-state index < -0.39 is 11.6 Å². The molecule has 1 N–H and O–H groups in total. The van der Waals surface area contributed by atoms with Crippen molar-refractivity contribution in [3.63, 3.8) is 0 Å². The first-order chi connectivity index (χ1) is 9.25. The summed E-state index contributed by atoms with van der Waals surface area (Å²) >= 11 is 0. The highest BCUT2D eigenvalue weighted by atomic mass is 19.2. The maximum absolute atomic E-state index is 13.8. The molecular formula is C15H13F2NO. The first kappa shape index (κ1) is 12.3. The van der Waals surface area contributed by atoms with Gasteiger partial charge in [-0.2, -0.15) is 5.48 Å². The largest absolute Gasteiger partial charge is 0.301 e. The zero-order chi connectivity index (χ0) is 13.2. The lowest BCUT2D eigenvalue weighted by molar-refractivity contribution is 0.0883. The van der Waals surface area contributed by atoms with E-state index in [9.17, 15) is 8.78 Å². The summed E-state index contributed by atoms with van der Waals surface area (Å²) in [4.78, 5) is 5.12. The van der Waals surface area contributed by atoms with Crippen LogP contribution in [-0.4, -0.2) is 6.61 Å². The zero-order valence-electron chi connectivity index (χ0n) is 10.2. The van der Waals surface area contributed by atoms with Crippen molar-refractivity contribution in [2.24, 2.45) is 0 Å². The van der Waals surface area contributed by atoms with Gasteiger partial charge in [-0.3, -0.25) is 0 Å². The van der Waals surface area contributed by atoms with Crippen LogP contribution in [0.3, 0.4) is 0 Å². The third kappa shape index (κ3) is 2.37. The number of hydrogen-bond acceptors (Lipinski definition) is 2. The van der Waals surface area contributed by atoms with Gasteiger partial charge >= 0.3 is 0 Å². The first-order valence-electron chi connectivity index (χ1n) is 6.17. The Kier molecular flexibility index (Phi) is 3.27. The van der Waals surface area contributed by atoms with Crippen LogP contribution in [0.4, 0.5) is 8.78 Å². The molecule has 1 saturated heterocycles. The van der Waals surface area contributed by atoms with Crippen molar-refractivity contribution in [1.29, 1.82) is 0 Å². The minimum absolute atomic E-state index is 0.108. The fourth-order valence-electron chi connectivity index (χ4n) is 2.28. The van der Waals surface area contributed by atoms with Crippen LogP contribution in [0.1, 0.15) is 18.0 Å². The minimum Gasteiger partial charge on any atom is -0.301 e. The quantitative estimate of drug-likeness (QED) is 0.891. The van der Waals surface area contributed by atoms with E-state index in [4.69, 9.17) is 4.84 Å². The van der Waals surface area contributed by atoms with Gasteiger partial charge in [0, 0.05) is 5.56 Å². The predicted molar refractivity (Wildman–Crippen MR) is 68.2 cm³/mol. The van der Waals surface area contributed by atoms with Gasteiger partial charge in [-0.15, -0.1) is 0 Å². The van der Waals surface area contributed by atoms with E-state index in [0.29, 0.717) is 12.2 Å². The summed E-state index contributed by atoms with van der Waals surface area (Å²) in [5, 5.41) is 0. The molecule has 0 bridgehead atoms. The molecule has 0 spiro atoms. The summed E-state index contributed by atoms with van der Waals surface area (Å²) in [7, 11) is 0. The lowest BCUT2D eigenvalue weighted by atomic mass is 9.98. The van der Waals surface area contributed by atoms with Gasteiger partial charge < -0.3 is 4.84 Å². The van der Waals surface area contributed by atoms with Crippen LogP contribution < -0.4 is 5.48 Å². The molecule has 2 aromatic rings. The van der Waals surface area contributed by atoms with Crippen molar-refractivity contribution in [2.45, 2.75) is 12.5 Å². The molecule has 4 heteroatoms. The summed E-state index contributed by atoms with van der Waals surface area (Å²) in [6.45, 7) is 0.656. The van der Waals surface area contributed by atoms with Crippen molar-refractivity contribution >= 4 is 0 Å². The molecule has 1 fully saturated rings. The number of benzene rings is 2. The molecule has 0 amide bonds. The van der Waals surface area contributed by atoms with Crippen LogP contribution in [0.2, 0.25) is 0 Å². The lowest BCUT2D eigenvalue weighted by Gasteiger charge is -2.11. The Balaban J connectivity index is 2.01. The Morgan fingerprint density at radius 1 is 1.11 bits per heavy atom. The molecule has 2 aromatic carbocycles. The fraction of sp³-hybridized carbons (Fsp3) is 0.200. The number of nitrogens with one attached hydrogen (secondary N) is 1. The van der Waals surface area contributed by atoms with Gasteiger partial charge in [0.05, 0.1) is 12.6 Å². The average molecular weight is 261 g/mol. The van der Waals surface area contributed by atoms with Gasteiger partial charge in [0.25, 0.3) is 0 Å². The molecule has 1 unspecified atom stereocenters. The molecule has 1 aliphatic rings. The Labute approximate surface area is 110 Å². The Bertz CT molecular complexity index is 594. The number of halogens is 2. The van der Waals surface area contributed by atoms with Gasteiger partial charge in [0.2, 0.25) is 0 Å². The molecule has 0 radical (unpaired) electrons. The van der Waals surface area contributed by atoms with Gasteiger partial charge in [-0.05, 0) is 29.7 Å². The normalized spacial score (nSPS) is 18.7. The topological polar surface area (TPSA) is 21.3 Å². The molecule has 0 aromatic heterocycles. The summed E-state index contributed by atoms with van der Waals surface area (Å²) in [6.07, 6.45) is 0.870. The standard InChI is InChI=1S/C15H13F2NO/c16-13-6-2-5-12(15(13)17)10-3-1-4-11(9-10)14-7-8-19-18-14/h1-6,9,14,18H,7-8H2. The molecule has 0 saturated carbocycles. The molecular weight excluding hydrogens is 248 g/mol. The van der Waals surface area contributed by atoms with E-state index in [2.05, 4.69) is 5.48 Å². The Morgan fingerprint density at radius 3 is 2.74 bits per heavy atom. The summed E-state index contributed by atoms with van der Waals surface area (Å²) < 4.78 is 27.0. The van der Waals surface area contributed by atoms with E-state index in [-0.39, 0.29) is 11.6 Å². The second-order valence-corrected chi connectivity index (χ2v) is 4.53. The molecule has 1 heterocycles. The van der Waals surface area contributed by atoms with E-state index in [1.54, 1.807) is 12.1 Å². The molecule has 1 atom stereocenters. The number of hydrogen-bond donors (Lipinski definition) is 1. The third-order valence-electron chi connectivity index (χ3n) is 3.29. The second kappa shape index (κ2) is 5.07. The highest BCUT2D eigenvalue weighted by molar-refractivity contribution is 5.65. The van der Waals surface area contributed by atoms with E-state index >= 15 is 0 Å². The third-order valence-corrected chi connectivity index (χ3v) is 3.29. The van der Waals surface area contributed by atoms with Crippen LogP contribution in [-0.2, 0) is 4.84 Å². The summed E-state index contributed by atoms with van der Waals surface area (Å²) in [5.74, 6) is -1.64. The molecule has 1 aliphatic heterocycles. The SMILES string of the molecule is Fc1cccc(-c2cccc(C3CCON3)c2)c1F. The number of hydroxylamine groups is 1. The first-order valence-corrected chi connectivity index (χ1v) is 6.17. The highest BCUT2D eigenvalue weighted by Crippen LogP contribution is 2.28. The molecule has 19 heavy (non-hydrogen) atoms. The van der Waals surface area contributed by atoms with Crippen LogP contribution in [0.15, 0.2) is 42.5 Å². The Morgan fingerprint density at radius 2 is 1.95 bits per heavy atom. The van der Waals surface area contributed by atoms with Crippen molar-refractivity contribution in [2.75, 3.05) is 6.61 Å². The lowest BCUT2D eigenvalue weighted by Crippen LogP contribution is -2.11. The smallest absolute Gasteiger partial charge is 0.166 e. The van der Waals surface area contributed by atoms with Crippen LogP contribution in [0.5, 0.6) is 0 Å². The average Bonchev–Trinajstić information content (AvgIpc) is 2.96. The van der Waals surface area contributed by atoms with E-state index in [1.807, 2.05) is 18.2 Å². The molecule has 3 rings (SSSR count). The zero-order valence-corrected chi connectivity index (χ0v) is 10.2. The van der Waals surface area contributed by atoms with Gasteiger partial charge in [0.15, 0.2) is 11.6 Å². The molecule has 0 aliphatic carbocycles. The molecule has 98 valence electrons. The maximum Gasteiger partial charge on any atom is 0.166 e. The van der Waals surface area contributed by atoms with Gasteiger partial charge in [-0.1, -0.05) is 30.3 Å². The van der Waals surface area contributed by atoms with Crippen LogP contribution >= 0.6 is 0 Å². The monoisotopic (exact) mass is 261 g/mol. The van der Waals surface area contributed by atoms with Crippen LogP contribution in [0.25, 0.3) is 11.1 Å². The second-order valence-electron chi connectivity index (χ2n) is 4.53. The fourth-order valence-corrected chi connectivity index (χ4v) is 2.28. The van der Waals surface area contributed by atoms with E-state index in [1.165, 1.54) is 6.07 Å². The van der Waals surface area contributed by atoms with E-state index in [0.717, 1.165) is 18.1 Å².